The third kappa shape index (κ3) is 3.12. The number of nitrogens with zero attached hydrogens (tertiary/aromatic N) is 3. The predicted molar refractivity (Wildman–Crippen MR) is 99.5 cm³/mol. The Bertz CT molecular complexity index is 952. The maximum Gasteiger partial charge on any atom is 0.292 e. The van der Waals surface area contributed by atoms with Crippen molar-refractivity contribution in [2.45, 2.75) is 37.2 Å². The van der Waals surface area contributed by atoms with Gasteiger partial charge in [0.2, 0.25) is 11.8 Å². The summed E-state index contributed by atoms with van der Waals surface area (Å²) in [5, 5.41) is 6.92. The molecular formula is C18H18N4O3S. The van der Waals surface area contributed by atoms with E-state index in [-0.39, 0.29) is 24.4 Å². The van der Waals surface area contributed by atoms with Crippen LogP contribution in [0, 0.1) is 6.92 Å². The molecule has 1 N–H and O–H groups in total. The van der Waals surface area contributed by atoms with Crippen molar-refractivity contribution >= 4 is 35.0 Å². The molecule has 2 heterocycles. The van der Waals surface area contributed by atoms with Crippen molar-refractivity contribution in [3.05, 3.63) is 46.4 Å². The first-order valence-corrected chi connectivity index (χ1v) is 9.43. The fourth-order valence-corrected chi connectivity index (χ4v) is 3.86. The zero-order valence-electron chi connectivity index (χ0n) is 14.3. The van der Waals surface area contributed by atoms with Gasteiger partial charge in [0.05, 0.1) is 16.8 Å². The molecule has 2 aliphatic rings. The van der Waals surface area contributed by atoms with Gasteiger partial charge >= 0.3 is 0 Å². The van der Waals surface area contributed by atoms with Crippen LogP contribution in [-0.4, -0.2) is 33.4 Å². The van der Waals surface area contributed by atoms with Crippen molar-refractivity contribution in [1.29, 1.82) is 0 Å². The predicted octanol–water partition coefficient (Wildman–Crippen LogP) is 1.79. The highest BCUT2D eigenvalue weighted by molar-refractivity contribution is 8.00. The van der Waals surface area contributed by atoms with Crippen molar-refractivity contribution in [2.24, 2.45) is 0 Å². The van der Waals surface area contributed by atoms with Gasteiger partial charge in [-0.2, -0.15) is 5.10 Å². The molecule has 0 atom stereocenters. The summed E-state index contributed by atoms with van der Waals surface area (Å²) in [7, 11) is 0. The number of nitrogens with one attached hydrogen (secondary N) is 1. The van der Waals surface area contributed by atoms with Crippen LogP contribution in [0.2, 0.25) is 0 Å². The number of carbonyl (C=O) groups is 2. The smallest absolute Gasteiger partial charge is 0.292 e. The van der Waals surface area contributed by atoms with E-state index < -0.39 is 5.56 Å². The molecule has 134 valence electrons. The van der Waals surface area contributed by atoms with E-state index in [1.807, 2.05) is 25.1 Å². The average Bonchev–Trinajstić information content (AvgIpc) is 3.44. The van der Waals surface area contributed by atoms with E-state index in [2.05, 4.69) is 10.4 Å². The first-order valence-electron chi connectivity index (χ1n) is 8.45. The van der Waals surface area contributed by atoms with Crippen LogP contribution >= 0.6 is 11.8 Å². The Morgan fingerprint density at radius 3 is 2.81 bits per heavy atom. The summed E-state index contributed by atoms with van der Waals surface area (Å²) in [5.41, 5.74) is 1.62. The minimum absolute atomic E-state index is 0.0517. The van der Waals surface area contributed by atoms with Gasteiger partial charge in [0.15, 0.2) is 0 Å². The minimum atomic E-state index is -0.394. The molecule has 1 aromatic carbocycles. The van der Waals surface area contributed by atoms with Crippen LogP contribution in [0.5, 0.6) is 0 Å². The van der Waals surface area contributed by atoms with Crippen LogP contribution < -0.4 is 15.8 Å². The van der Waals surface area contributed by atoms with Crippen molar-refractivity contribution in [2.75, 3.05) is 16.0 Å². The topological polar surface area (TPSA) is 84.3 Å². The summed E-state index contributed by atoms with van der Waals surface area (Å²) < 4.78 is 1.13. The molecule has 2 amide bonds. The van der Waals surface area contributed by atoms with Gasteiger partial charge in [0.1, 0.15) is 12.2 Å². The summed E-state index contributed by atoms with van der Waals surface area (Å²) in [5.74, 6) is -0.0617. The Hall–Kier alpha value is -2.61. The Morgan fingerprint density at radius 2 is 2.08 bits per heavy atom. The van der Waals surface area contributed by atoms with Crippen molar-refractivity contribution in [1.82, 2.24) is 9.78 Å². The summed E-state index contributed by atoms with van der Waals surface area (Å²) in [6, 6.07) is 7.53. The summed E-state index contributed by atoms with van der Waals surface area (Å²) in [6.07, 6.45) is 3.39. The maximum atomic E-state index is 12.9. The van der Waals surface area contributed by atoms with Crippen LogP contribution in [0.25, 0.3) is 0 Å². The fraction of sp³-hybridized carbons (Fsp3) is 0.333. The quantitative estimate of drug-likeness (QED) is 0.887. The Balaban J connectivity index is 1.60. The van der Waals surface area contributed by atoms with Gasteiger partial charge in [0.25, 0.3) is 5.56 Å². The molecule has 0 radical (unpaired) electrons. The number of aromatic nitrogens is 2. The van der Waals surface area contributed by atoms with Crippen LogP contribution in [-0.2, 0) is 16.1 Å². The van der Waals surface area contributed by atoms with E-state index in [9.17, 15) is 14.4 Å². The average molecular weight is 370 g/mol. The number of hydrogen-bond acceptors (Lipinski definition) is 5. The van der Waals surface area contributed by atoms with Crippen LogP contribution in [0.15, 0.2) is 40.2 Å². The highest BCUT2D eigenvalue weighted by atomic mass is 32.2. The number of aryl methyl sites for hydroxylation is 1. The van der Waals surface area contributed by atoms with E-state index in [0.29, 0.717) is 22.0 Å². The summed E-state index contributed by atoms with van der Waals surface area (Å²) in [6.45, 7) is 1.70. The largest absolute Gasteiger partial charge is 0.324 e. The number of hydrogen-bond donors (Lipinski definition) is 1. The van der Waals surface area contributed by atoms with E-state index in [1.54, 1.807) is 17.2 Å². The molecule has 8 heteroatoms. The number of anilines is 2. The number of benzene rings is 1. The normalized spacial score (nSPS) is 16.3. The first kappa shape index (κ1) is 16.8. The van der Waals surface area contributed by atoms with E-state index in [4.69, 9.17) is 0 Å². The molecule has 2 aromatic rings. The van der Waals surface area contributed by atoms with E-state index >= 15 is 0 Å². The second kappa shape index (κ2) is 6.60. The fourth-order valence-electron chi connectivity index (χ4n) is 2.99. The third-order valence-corrected chi connectivity index (χ3v) is 5.47. The van der Waals surface area contributed by atoms with Gasteiger partial charge in [0, 0.05) is 11.7 Å². The Kier molecular flexibility index (Phi) is 4.28. The molecule has 4 rings (SSSR count). The van der Waals surface area contributed by atoms with E-state index in [1.165, 1.54) is 11.8 Å². The van der Waals surface area contributed by atoms with Gasteiger partial charge < -0.3 is 10.2 Å². The van der Waals surface area contributed by atoms with Crippen molar-refractivity contribution in [3.63, 3.8) is 0 Å². The summed E-state index contributed by atoms with van der Waals surface area (Å²) >= 11 is 1.32. The standard InChI is InChI=1S/C18H18N4O3S/c1-11-4-2-3-5-13(11)20-15(23)9-21-18(25)17-14(8-19-21)26-10-16(24)22(17)12-6-7-12/h2-5,8,12H,6-7,9-10H2,1H3,(H,20,23). The van der Waals surface area contributed by atoms with Gasteiger partial charge in [-0.15, -0.1) is 11.8 Å². The SMILES string of the molecule is Cc1ccccc1NC(=O)Cn1ncc2c(c1=O)N(C1CC1)C(=O)CS2. The molecule has 7 nitrogen and oxygen atoms in total. The zero-order chi connectivity index (χ0) is 18.3. The number of thioether (sulfide) groups is 1. The summed E-state index contributed by atoms with van der Waals surface area (Å²) in [4.78, 5) is 39.8. The molecule has 0 bridgehead atoms. The molecule has 1 aliphatic carbocycles. The second-order valence-corrected chi connectivity index (χ2v) is 7.48. The van der Waals surface area contributed by atoms with Crippen LogP contribution in [0.4, 0.5) is 11.4 Å². The van der Waals surface area contributed by atoms with Crippen molar-refractivity contribution in [3.8, 4) is 0 Å². The molecule has 0 unspecified atom stereocenters. The lowest BCUT2D eigenvalue weighted by molar-refractivity contribution is -0.117. The molecular weight excluding hydrogens is 352 g/mol. The molecule has 0 saturated heterocycles. The van der Waals surface area contributed by atoms with Gasteiger partial charge in [-0.3, -0.25) is 14.4 Å². The number of fused-ring (bicyclic) bond motifs is 1. The molecule has 1 aromatic heterocycles. The Morgan fingerprint density at radius 1 is 1.31 bits per heavy atom. The second-order valence-electron chi connectivity index (χ2n) is 6.47. The highest BCUT2D eigenvalue weighted by Gasteiger charge is 2.39. The molecule has 1 saturated carbocycles. The Labute approximate surface area is 154 Å². The van der Waals surface area contributed by atoms with Gasteiger partial charge in [-0.05, 0) is 31.4 Å². The number of rotatable bonds is 4. The minimum Gasteiger partial charge on any atom is -0.324 e. The van der Waals surface area contributed by atoms with Crippen molar-refractivity contribution < 1.29 is 9.59 Å². The van der Waals surface area contributed by atoms with Crippen LogP contribution in [0.3, 0.4) is 0 Å². The van der Waals surface area contributed by atoms with Gasteiger partial charge in [-0.1, -0.05) is 18.2 Å². The first-order chi connectivity index (χ1) is 12.5. The molecule has 0 spiro atoms. The lowest BCUT2D eigenvalue weighted by atomic mass is 10.2. The zero-order valence-corrected chi connectivity index (χ0v) is 15.1. The maximum absolute atomic E-state index is 12.9. The molecule has 1 fully saturated rings. The molecule has 26 heavy (non-hydrogen) atoms. The lowest BCUT2D eigenvalue weighted by Crippen LogP contribution is -2.43. The number of para-hydroxylation sites is 1. The lowest BCUT2D eigenvalue weighted by Gasteiger charge is -2.28. The third-order valence-electron chi connectivity index (χ3n) is 4.47. The molecule has 1 aliphatic heterocycles. The highest BCUT2D eigenvalue weighted by Crippen LogP contribution is 2.38. The van der Waals surface area contributed by atoms with Crippen LogP contribution in [0.1, 0.15) is 18.4 Å². The van der Waals surface area contributed by atoms with Gasteiger partial charge in [-0.25, -0.2) is 4.68 Å². The van der Waals surface area contributed by atoms with E-state index in [0.717, 1.165) is 23.1 Å². The number of carbonyl (C=O) groups excluding carboxylic acids is 2. The monoisotopic (exact) mass is 370 g/mol. The number of amides is 2.